The number of fused-ring (bicyclic) bond motifs is 3. The van der Waals surface area contributed by atoms with Gasteiger partial charge in [0.2, 0.25) is 0 Å². The molecule has 0 bridgehead atoms. The largest absolute Gasteiger partial charge is 0.497 e. The average molecular weight is 433 g/mol. The van der Waals surface area contributed by atoms with Crippen LogP contribution in [0.2, 0.25) is 0 Å². The van der Waals surface area contributed by atoms with Crippen molar-refractivity contribution in [2.75, 3.05) is 7.11 Å². The van der Waals surface area contributed by atoms with Gasteiger partial charge in [0.1, 0.15) is 5.75 Å². The van der Waals surface area contributed by atoms with Crippen LogP contribution in [0.5, 0.6) is 5.75 Å². The van der Waals surface area contributed by atoms with Crippen LogP contribution in [0.1, 0.15) is 17.5 Å². The van der Waals surface area contributed by atoms with E-state index in [9.17, 15) is 0 Å². The highest BCUT2D eigenvalue weighted by molar-refractivity contribution is 9.12. The summed E-state index contributed by atoms with van der Waals surface area (Å²) in [5.74, 6) is 0.877. The Morgan fingerprint density at radius 3 is 2.52 bits per heavy atom. The van der Waals surface area contributed by atoms with Gasteiger partial charge < -0.3 is 9.30 Å². The summed E-state index contributed by atoms with van der Waals surface area (Å²) in [6.45, 7) is 0. The maximum atomic E-state index is 5.28. The van der Waals surface area contributed by atoms with Crippen LogP contribution in [0.3, 0.4) is 0 Å². The van der Waals surface area contributed by atoms with Gasteiger partial charge in [-0.3, -0.25) is 0 Å². The fraction of sp³-hybridized carbons (Fsp3) is 0.158. The summed E-state index contributed by atoms with van der Waals surface area (Å²) in [6.07, 6.45) is 10.8. The lowest BCUT2D eigenvalue weighted by molar-refractivity contribution is 0.414. The number of halogens is 2. The standard InChI is InChI=1S/C19H15Br2NO/c1-23-15-6-4-14(5-7-15)22-18-8-2-12(20)10-16(18)17-11-13(21)3-9-19(17)22/h2,4-9,11H,3,10H2,1H3. The predicted octanol–water partition coefficient (Wildman–Crippen LogP) is 4.02. The van der Waals surface area contributed by atoms with Crippen molar-refractivity contribution < 1.29 is 4.74 Å². The fourth-order valence-electron chi connectivity index (χ4n) is 3.22. The molecule has 2 aromatic rings. The van der Waals surface area contributed by atoms with Crippen molar-refractivity contribution in [1.82, 2.24) is 4.57 Å². The van der Waals surface area contributed by atoms with Crippen LogP contribution in [-0.4, -0.2) is 11.7 Å². The van der Waals surface area contributed by atoms with Crippen molar-refractivity contribution in [3.8, 4) is 11.4 Å². The molecule has 2 nitrogen and oxygen atoms in total. The van der Waals surface area contributed by atoms with Gasteiger partial charge in [0.25, 0.3) is 0 Å². The minimum absolute atomic E-state index is 0.877. The molecule has 2 aliphatic carbocycles. The molecule has 1 heterocycles. The first-order valence-corrected chi connectivity index (χ1v) is 9.06. The molecule has 4 rings (SSSR count). The molecule has 4 heteroatoms. The summed E-state index contributed by atoms with van der Waals surface area (Å²) >= 11 is 7.30. The zero-order valence-corrected chi connectivity index (χ0v) is 15.8. The number of hydrogen-bond donors (Lipinski definition) is 0. The first-order chi connectivity index (χ1) is 11.2. The number of aromatic nitrogens is 1. The third kappa shape index (κ3) is 2.54. The molecule has 0 saturated carbocycles. The summed E-state index contributed by atoms with van der Waals surface area (Å²) in [7, 11) is 1.70. The van der Waals surface area contributed by atoms with E-state index in [1.54, 1.807) is 7.11 Å². The number of benzene rings is 1. The van der Waals surface area contributed by atoms with Gasteiger partial charge in [-0.2, -0.15) is 0 Å². The van der Waals surface area contributed by atoms with Crippen LogP contribution in [0.15, 0.2) is 39.3 Å². The molecule has 0 spiro atoms. The Morgan fingerprint density at radius 1 is 1.00 bits per heavy atom. The first kappa shape index (κ1) is 15.0. The van der Waals surface area contributed by atoms with Gasteiger partial charge in [-0.15, -0.1) is 0 Å². The highest BCUT2D eigenvalue weighted by Crippen LogP contribution is 2.25. The van der Waals surface area contributed by atoms with E-state index in [-0.39, 0.29) is 0 Å². The predicted molar refractivity (Wildman–Crippen MR) is 103 cm³/mol. The normalized spacial score (nSPS) is 15.6. The molecular weight excluding hydrogens is 418 g/mol. The molecule has 0 N–H and O–H groups in total. The van der Waals surface area contributed by atoms with E-state index in [1.165, 1.54) is 30.8 Å². The van der Waals surface area contributed by atoms with E-state index < -0.39 is 0 Å². The zero-order valence-electron chi connectivity index (χ0n) is 12.6. The van der Waals surface area contributed by atoms with Crippen molar-refractivity contribution in [2.45, 2.75) is 12.8 Å². The molecule has 0 aliphatic heterocycles. The van der Waals surface area contributed by atoms with Crippen molar-refractivity contribution in [1.29, 1.82) is 0 Å². The van der Waals surface area contributed by atoms with Gasteiger partial charge in [0.15, 0.2) is 0 Å². The molecule has 0 atom stereocenters. The van der Waals surface area contributed by atoms with Crippen LogP contribution < -0.4 is 15.4 Å². The van der Waals surface area contributed by atoms with E-state index in [2.05, 4.69) is 72.9 Å². The van der Waals surface area contributed by atoms with Crippen LogP contribution in [-0.2, 0) is 6.42 Å². The van der Waals surface area contributed by atoms with Gasteiger partial charge in [-0.1, -0.05) is 37.9 Å². The Morgan fingerprint density at radius 2 is 1.78 bits per heavy atom. The Balaban J connectivity index is 2.02. The SMILES string of the molecule is COc1ccc(-n2c3c(c4c2=CC=C(Br)C4)C=C(Br)CC=3)cc1. The maximum Gasteiger partial charge on any atom is 0.119 e. The number of nitrogens with zero attached hydrogens (tertiary/aromatic N) is 1. The van der Waals surface area contributed by atoms with E-state index in [1.807, 2.05) is 12.1 Å². The van der Waals surface area contributed by atoms with E-state index in [4.69, 9.17) is 4.74 Å². The molecule has 23 heavy (non-hydrogen) atoms. The minimum atomic E-state index is 0.877. The van der Waals surface area contributed by atoms with Gasteiger partial charge in [-0.05, 0) is 63.4 Å². The number of ether oxygens (including phenoxy) is 1. The number of methoxy groups -OCH3 is 1. The van der Waals surface area contributed by atoms with Crippen LogP contribution in [0.4, 0.5) is 0 Å². The van der Waals surface area contributed by atoms with Crippen molar-refractivity contribution in [2.24, 2.45) is 0 Å². The summed E-state index contributed by atoms with van der Waals surface area (Å²) < 4.78 is 10.1. The molecule has 0 fully saturated rings. The second-order valence-corrected chi connectivity index (χ2v) is 7.69. The number of rotatable bonds is 2. The molecule has 116 valence electrons. The van der Waals surface area contributed by atoms with E-state index >= 15 is 0 Å². The lowest BCUT2D eigenvalue weighted by Crippen LogP contribution is -2.27. The molecule has 0 saturated heterocycles. The average Bonchev–Trinajstić information content (AvgIpc) is 2.88. The minimum Gasteiger partial charge on any atom is -0.497 e. The molecule has 1 aromatic heterocycles. The smallest absolute Gasteiger partial charge is 0.119 e. The van der Waals surface area contributed by atoms with E-state index in [0.717, 1.165) is 24.3 Å². The summed E-state index contributed by atoms with van der Waals surface area (Å²) in [5.41, 5.74) is 3.85. The van der Waals surface area contributed by atoms with Gasteiger partial charge in [0.05, 0.1) is 17.8 Å². The molecular formula is C19H15Br2NO. The van der Waals surface area contributed by atoms with Crippen LogP contribution >= 0.6 is 31.9 Å². The highest BCUT2D eigenvalue weighted by atomic mass is 79.9. The molecule has 1 aromatic carbocycles. The second kappa shape index (κ2) is 5.84. The summed E-state index contributed by atoms with van der Waals surface area (Å²) in [6, 6.07) is 8.25. The fourth-order valence-corrected chi connectivity index (χ4v) is 4.02. The lowest BCUT2D eigenvalue weighted by Gasteiger charge is -2.09. The lowest BCUT2D eigenvalue weighted by atomic mass is 10.0. The Bertz CT molecular complexity index is 962. The Labute approximate surface area is 151 Å². The number of hydrogen-bond acceptors (Lipinski definition) is 1. The first-order valence-electron chi connectivity index (χ1n) is 7.48. The third-order valence-corrected chi connectivity index (χ3v) is 5.38. The molecule has 0 unspecified atom stereocenters. The van der Waals surface area contributed by atoms with Gasteiger partial charge in [-0.25, -0.2) is 0 Å². The Kier molecular flexibility index (Phi) is 3.82. The molecule has 0 radical (unpaired) electrons. The molecule has 2 aliphatic rings. The second-order valence-electron chi connectivity index (χ2n) is 5.65. The topological polar surface area (TPSA) is 14.2 Å². The molecule has 0 amide bonds. The summed E-state index contributed by atoms with van der Waals surface area (Å²) in [5, 5.41) is 2.54. The highest BCUT2D eigenvalue weighted by Gasteiger charge is 2.19. The third-order valence-electron chi connectivity index (χ3n) is 4.28. The van der Waals surface area contributed by atoms with Crippen molar-refractivity contribution >= 4 is 50.1 Å². The van der Waals surface area contributed by atoms with E-state index in [0.29, 0.717) is 0 Å². The van der Waals surface area contributed by atoms with Crippen LogP contribution in [0.25, 0.3) is 23.9 Å². The summed E-state index contributed by atoms with van der Waals surface area (Å²) in [4.78, 5) is 0. The zero-order chi connectivity index (χ0) is 16.0. The van der Waals surface area contributed by atoms with Gasteiger partial charge in [0, 0.05) is 17.7 Å². The maximum absolute atomic E-state index is 5.28. The van der Waals surface area contributed by atoms with Crippen molar-refractivity contribution in [3.05, 3.63) is 61.1 Å². The quantitative estimate of drug-likeness (QED) is 0.698. The monoisotopic (exact) mass is 431 g/mol. The number of allylic oxidation sites excluding steroid dienone is 3. The van der Waals surface area contributed by atoms with Crippen molar-refractivity contribution in [3.63, 3.8) is 0 Å². The van der Waals surface area contributed by atoms with Crippen LogP contribution in [0, 0.1) is 0 Å². The van der Waals surface area contributed by atoms with Gasteiger partial charge >= 0.3 is 0 Å². The Hall–Kier alpha value is -1.52.